The second kappa shape index (κ2) is 9.99. The number of imidazole rings is 1. The fraction of sp³-hybridized carbons (Fsp3) is 0.429. The number of esters is 1. The maximum absolute atomic E-state index is 12.3. The summed E-state index contributed by atoms with van der Waals surface area (Å²) in [5, 5.41) is 0.903. The lowest BCUT2D eigenvalue weighted by molar-refractivity contribution is 0.0600. The van der Waals surface area contributed by atoms with Gasteiger partial charge in [-0.25, -0.2) is 14.8 Å². The Kier molecular flexibility index (Phi) is 6.87. The summed E-state index contributed by atoms with van der Waals surface area (Å²) in [6.45, 7) is 9.43. The number of fused-ring (bicyclic) bond motifs is 2. The van der Waals surface area contributed by atoms with E-state index in [-0.39, 0.29) is 5.78 Å². The lowest BCUT2D eigenvalue weighted by Gasteiger charge is -2.17. The number of Topliss-reactive ketones (excluding diaryl/α,β-unsaturated/α-hetero) is 1. The summed E-state index contributed by atoms with van der Waals surface area (Å²) in [4.78, 5) is 34.2. The largest absolute Gasteiger partial charge is 0.482 e. The van der Waals surface area contributed by atoms with Crippen LogP contribution in [0.15, 0.2) is 30.3 Å². The number of nitrogens with zero attached hydrogens (tertiary/aromatic N) is 4. The molecule has 4 aromatic heterocycles. The second-order valence-electron chi connectivity index (χ2n) is 11.1. The maximum Gasteiger partial charge on any atom is 0.338 e. The molecule has 1 aliphatic carbocycles. The second-order valence-corrected chi connectivity index (χ2v) is 16.7. The van der Waals surface area contributed by atoms with E-state index in [2.05, 4.69) is 25.7 Å². The highest BCUT2D eigenvalue weighted by molar-refractivity contribution is 6.76. The molecule has 0 unspecified atom stereocenters. The van der Waals surface area contributed by atoms with Crippen molar-refractivity contribution in [2.45, 2.75) is 58.1 Å². The summed E-state index contributed by atoms with van der Waals surface area (Å²) in [6.07, 6.45) is 2.09. The molecule has 0 saturated heterocycles. The third-order valence-electron chi connectivity index (χ3n) is 6.88. The van der Waals surface area contributed by atoms with Gasteiger partial charge in [-0.1, -0.05) is 19.6 Å². The minimum absolute atomic E-state index is 0.0904. The minimum atomic E-state index is -1.26. The molecule has 0 radical (unpaired) electrons. The van der Waals surface area contributed by atoms with Crippen molar-refractivity contribution < 1.29 is 23.8 Å². The van der Waals surface area contributed by atoms with Crippen LogP contribution in [0.2, 0.25) is 25.7 Å². The Morgan fingerprint density at radius 3 is 2.47 bits per heavy atom. The van der Waals surface area contributed by atoms with E-state index in [0.29, 0.717) is 47.7 Å². The van der Waals surface area contributed by atoms with Crippen molar-refractivity contribution in [3.63, 3.8) is 0 Å². The van der Waals surface area contributed by atoms with Crippen molar-refractivity contribution in [2.24, 2.45) is 0 Å². The molecule has 0 amide bonds. The van der Waals surface area contributed by atoms with Crippen LogP contribution in [0.1, 0.15) is 52.2 Å². The molecule has 10 heteroatoms. The molecule has 1 aliphatic rings. The van der Waals surface area contributed by atoms with Crippen LogP contribution in [0.4, 0.5) is 0 Å². The van der Waals surface area contributed by atoms with E-state index in [1.807, 2.05) is 15.0 Å². The van der Waals surface area contributed by atoms with E-state index in [0.717, 1.165) is 41.4 Å². The van der Waals surface area contributed by atoms with Crippen molar-refractivity contribution in [1.82, 2.24) is 18.9 Å². The zero-order valence-electron chi connectivity index (χ0n) is 22.8. The van der Waals surface area contributed by atoms with Gasteiger partial charge in [0.1, 0.15) is 29.4 Å². The van der Waals surface area contributed by atoms with Crippen molar-refractivity contribution in [1.29, 1.82) is 0 Å². The quantitative estimate of drug-likeness (QED) is 0.114. The zero-order valence-corrected chi connectivity index (χ0v) is 23.8. The predicted octanol–water partition coefficient (Wildman–Crippen LogP) is 5.54. The van der Waals surface area contributed by atoms with Gasteiger partial charge in [0.05, 0.1) is 31.2 Å². The van der Waals surface area contributed by atoms with Crippen LogP contribution < -0.4 is 4.74 Å². The molecule has 5 rings (SSSR count). The van der Waals surface area contributed by atoms with E-state index >= 15 is 0 Å². The summed E-state index contributed by atoms with van der Waals surface area (Å²) >= 11 is 0. The highest BCUT2D eigenvalue weighted by Gasteiger charge is 2.34. The van der Waals surface area contributed by atoms with E-state index in [1.54, 1.807) is 25.3 Å². The van der Waals surface area contributed by atoms with Gasteiger partial charge in [-0.15, -0.1) is 0 Å². The Bertz CT molecular complexity index is 1540. The Balaban J connectivity index is 1.70. The first-order chi connectivity index (χ1) is 18.1. The molecule has 1 saturated carbocycles. The number of aromatic nitrogens is 4. The number of methoxy groups -OCH3 is 2. The van der Waals surface area contributed by atoms with Crippen molar-refractivity contribution in [2.75, 3.05) is 20.8 Å². The van der Waals surface area contributed by atoms with Crippen LogP contribution in [-0.2, 0) is 16.2 Å². The number of pyridine rings is 2. The lowest BCUT2D eigenvalue weighted by Crippen LogP contribution is -2.22. The fourth-order valence-electron chi connectivity index (χ4n) is 4.65. The number of ether oxygens (including phenoxy) is 3. The van der Waals surface area contributed by atoms with Gasteiger partial charge >= 0.3 is 5.97 Å². The molecular weight excluding hydrogens is 500 g/mol. The number of hydrogen-bond acceptors (Lipinski definition) is 7. The predicted molar refractivity (Wildman–Crippen MR) is 148 cm³/mol. The first-order valence-electron chi connectivity index (χ1n) is 12.9. The molecule has 38 heavy (non-hydrogen) atoms. The van der Waals surface area contributed by atoms with Gasteiger partial charge in [0.25, 0.3) is 0 Å². The standard InChI is InChI=1S/C28H34N4O5Si/c1-17(33)21-10-9-19-13-22(31(27(19)29-21)16-37-11-12-38(4,5)6)25-26(18-7-8-18)32-23(30-25)14-20(28(34)36-3)15-24(32)35-2/h9-10,13-15,18H,7-8,11-12,16H2,1-6H3. The molecule has 200 valence electrons. The number of ketones is 1. The van der Waals surface area contributed by atoms with Gasteiger partial charge in [0, 0.05) is 39.0 Å². The fourth-order valence-corrected chi connectivity index (χ4v) is 5.41. The monoisotopic (exact) mass is 534 g/mol. The maximum atomic E-state index is 12.3. The first-order valence-corrected chi connectivity index (χ1v) is 16.6. The molecule has 1 fully saturated rings. The highest BCUT2D eigenvalue weighted by Crippen LogP contribution is 2.46. The van der Waals surface area contributed by atoms with Crippen LogP contribution in [-0.4, -0.2) is 59.6 Å². The first kappa shape index (κ1) is 26.1. The molecular formula is C28H34N4O5Si. The Morgan fingerprint density at radius 1 is 1.08 bits per heavy atom. The topological polar surface area (TPSA) is 97.0 Å². The molecule has 9 nitrogen and oxygen atoms in total. The Labute approximate surface area is 222 Å². The third-order valence-corrected chi connectivity index (χ3v) is 8.59. The van der Waals surface area contributed by atoms with Crippen LogP contribution in [0.3, 0.4) is 0 Å². The minimum Gasteiger partial charge on any atom is -0.482 e. The van der Waals surface area contributed by atoms with Crippen molar-refractivity contribution >= 4 is 36.5 Å². The number of rotatable bonds is 10. The van der Waals surface area contributed by atoms with Crippen LogP contribution >= 0.6 is 0 Å². The Morgan fingerprint density at radius 2 is 1.84 bits per heavy atom. The van der Waals surface area contributed by atoms with E-state index in [4.69, 9.17) is 24.2 Å². The lowest BCUT2D eigenvalue weighted by atomic mass is 10.1. The highest BCUT2D eigenvalue weighted by atomic mass is 28.3. The summed E-state index contributed by atoms with van der Waals surface area (Å²) in [5.41, 5.74) is 4.76. The Hall–Kier alpha value is -3.50. The van der Waals surface area contributed by atoms with Crippen LogP contribution in [0.5, 0.6) is 5.88 Å². The van der Waals surface area contributed by atoms with Gasteiger partial charge in [0.2, 0.25) is 0 Å². The van der Waals surface area contributed by atoms with Gasteiger partial charge in [-0.3, -0.25) is 13.8 Å². The van der Waals surface area contributed by atoms with Crippen LogP contribution in [0.25, 0.3) is 28.1 Å². The SMILES string of the molecule is COC(=O)c1cc(OC)n2c(C3CC3)c(-c3cc4ccc(C(C)=O)nc4n3COCC[Si](C)(C)C)nc2c1. The molecule has 4 heterocycles. The van der Waals surface area contributed by atoms with Gasteiger partial charge in [-0.2, -0.15) is 0 Å². The molecule has 4 aromatic rings. The summed E-state index contributed by atoms with van der Waals surface area (Å²) in [7, 11) is 1.68. The van der Waals surface area contributed by atoms with E-state index < -0.39 is 14.0 Å². The summed E-state index contributed by atoms with van der Waals surface area (Å²) in [6, 6.07) is 10.2. The third kappa shape index (κ3) is 4.98. The molecule has 0 atom stereocenters. The molecule has 0 spiro atoms. The van der Waals surface area contributed by atoms with Crippen LogP contribution in [0, 0.1) is 0 Å². The van der Waals surface area contributed by atoms with Gasteiger partial charge in [0.15, 0.2) is 11.7 Å². The normalized spacial score (nSPS) is 13.8. The zero-order chi connectivity index (χ0) is 27.2. The van der Waals surface area contributed by atoms with Crippen molar-refractivity contribution in [3.8, 4) is 17.3 Å². The average molecular weight is 535 g/mol. The summed E-state index contributed by atoms with van der Waals surface area (Å²) < 4.78 is 20.8. The average Bonchev–Trinajstić information content (AvgIpc) is 3.55. The molecule has 0 bridgehead atoms. The molecule has 0 N–H and O–H groups in total. The number of carbonyl (C=O) groups excluding carboxylic acids is 2. The molecule has 0 aromatic carbocycles. The smallest absolute Gasteiger partial charge is 0.338 e. The van der Waals surface area contributed by atoms with Gasteiger partial charge in [-0.05, 0) is 43.2 Å². The molecule has 0 aliphatic heterocycles. The van der Waals surface area contributed by atoms with E-state index in [1.165, 1.54) is 14.0 Å². The summed E-state index contributed by atoms with van der Waals surface area (Å²) in [5.74, 6) is 0.300. The number of hydrogen-bond donors (Lipinski definition) is 0. The number of carbonyl (C=O) groups is 2. The van der Waals surface area contributed by atoms with E-state index in [9.17, 15) is 9.59 Å². The van der Waals surface area contributed by atoms with Crippen molar-refractivity contribution in [3.05, 3.63) is 47.3 Å². The van der Waals surface area contributed by atoms with Gasteiger partial charge < -0.3 is 14.2 Å².